The second kappa shape index (κ2) is 6.71. The zero-order valence-electron chi connectivity index (χ0n) is 14.2. The first-order chi connectivity index (χ1) is 11.6. The maximum Gasteiger partial charge on any atom is 0.259 e. The van der Waals surface area contributed by atoms with Crippen molar-refractivity contribution < 1.29 is 4.79 Å². The van der Waals surface area contributed by atoms with Crippen LogP contribution in [0.1, 0.15) is 34.1 Å². The number of hydrogen-bond donors (Lipinski definition) is 1. The van der Waals surface area contributed by atoms with E-state index in [-0.39, 0.29) is 5.91 Å². The summed E-state index contributed by atoms with van der Waals surface area (Å²) in [5.41, 5.74) is 5.48. The Balaban J connectivity index is 1.93. The third-order valence-electron chi connectivity index (χ3n) is 4.09. The van der Waals surface area contributed by atoms with E-state index in [9.17, 15) is 4.79 Å². The smallest absolute Gasteiger partial charge is 0.259 e. The Hall–Kier alpha value is -2.88. The van der Waals surface area contributed by atoms with Crippen molar-refractivity contribution in [3.63, 3.8) is 0 Å². The molecule has 0 radical (unpaired) electrons. The molecular formula is C20H21N3O. The van der Waals surface area contributed by atoms with E-state index in [4.69, 9.17) is 0 Å². The van der Waals surface area contributed by atoms with Crippen molar-refractivity contribution in [3.8, 4) is 5.69 Å². The topological polar surface area (TPSA) is 46.9 Å². The van der Waals surface area contributed by atoms with Crippen molar-refractivity contribution in [2.24, 2.45) is 0 Å². The first kappa shape index (κ1) is 16.0. The Morgan fingerprint density at radius 1 is 1.12 bits per heavy atom. The number of hydrogen-bond acceptors (Lipinski definition) is 2. The van der Waals surface area contributed by atoms with Gasteiger partial charge in [-0.15, -0.1) is 0 Å². The molecular weight excluding hydrogens is 298 g/mol. The van der Waals surface area contributed by atoms with Gasteiger partial charge in [-0.3, -0.25) is 4.79 Å². The number of benzene rings is 2. The lowest BCUT2D eigenvalue weighted by Gasteiger charge is -2.10. The van der Waals surface area contributed by atoms with Gasteiger partial charge in [0, 0.05) is 5.69 Å². The molecule has 1 heterocycles. The maximum atomic E-state index is 12.7. The number of nitrogens with one attached hydrogen (secondary N) is 1. The fourth-order valence-corrected chi connectivity index (χ4v) is 2.76. The highest BCUT2D eigenvalue weighted by Gasteiger charge is 2.17. The number of anilines is 1. The molecule has 3 rings (SSSR count). The van der Waals surface area contributed by atoms with Gasteiger partial charge >= 0.3 is 0 Å². The minimum absolute atomic E-state index is 0.122. The Morgan fingerprint density at radius 2 is 1.88 bits per heavy atom. The highest BCUT2D eigenvalue weighted by atomic mass is 16.1. The van der Waals surface area contributed by atoms with Crippen molar-refractivity contribution in [2.75, 3.05) is 5.32 Å². The van der Waals surface area contributed by atoms with Crippen LogP contribution in [-0.4, -0.2) is 15.7 Å². The monoisotopic (exact) mass is 319 g/mol. The molecule has 0 saturated carbocycles. The van der Waals surface area contributed by atoms with Crippen LogP contribution < -0.4 is 5.32 Å². The van der Waals surface area contributed by atoms with E-state index in [0.717, 1.165) is 34.6 Å². The normalized spacial score (nSPS) is 10.6. The number of carbonyl (C=O) groups excluding carboxylic acids is 1. The van der Waals surface area contributed by atoms with E-state index in [1.54, 1.807) is 6.20 Å². The molecule has 0 aliphatic heterocycles. The average Bonchev–Trinajstić information content (AvgIpc) is 3.03. The van der Waals surface area contributed by atoms with Gasteiger partial charge in [0.05, 0.1) is 23.1 Å². The second-order valence-corrected chi connectivity index (χ2v) is 5.88. The quantitative estimate of drug-likeness (QED) is 0.779. The molecule has 24 heavy (non-hydrogen) atoms. The predicted octanol–water partition coefficient (Wildman–Crippen LogP) is 4.30. The molecule has 0 unspecified atom stereocenters. The SMILES string of the molecule is CCc1c(C(=O)Nc2cc(C)ccc2C)cnn1-c1ccccc1. The maximum absolute atomic E-state index is 12.7. The predicted molar refractivity (Wildman–Crippen MR) is 96.8 cm³/mol. The minimum atomic E-state index is -0.122. The van der Waals surface area contributed by atoms with Gasteiger partial charge in [0.2, 0.25) is 0 Å². The number of amides is 1. The molecule has 4 heteroatoms. The van der Waals surface area contributed by atoms with E-state index in [2.05, 4.69) is 10.4 Å². The third kappa shape index (κ3) is 3.08. The van der Waals surface area contributed by atoms with Gasteiger partial charge in [-0.1, -0.05) is 37.3 Å². The van der Waals surface area contributed by atoms with Gasteiger partial charge in [0.15, 0.2) is 0 Å². The molecule has 2 aromatic carbocycles. The van der Waals surface area contributed by atoms with E-state index >= 15 is 0 Å². The Kier molecular flexibility index (Phi) is 4.47. The van der Waals surface area contributed by atoms with E-state index in [1.807, 2.05) is 74.0 Å². The number of aromatic nitrogens is 2. The lowest BCUT2D eigenvalue weighted by molar-refractivity contribution is 0.102. The molecule has 0 aliphatic carbocycles. The van der Waals surface area contributed by atoms with Crippen LogP contribution >= 0.6 is 0 Å². The first-order valence-corrected chi connectivity index (χ1v) is 8.11. The second-order valence-electron chi connectivity index (χ2n) is 5.88. The molecule has 4 nitrogen and oxygen atoms in total. The summed E-state index contributed by atoms with van der Waals surface area (Å²) in [6, 6.07) is 15.9. The van der Waals surface area contributed by atoms with Gasteiger partial charge < -0.3 is 5.32 Å². The van der Waals surface area contributed by atoms with Crippen molar-refractivity contribution in [3.05, 3.63) is 77.1 Å². The summed E-state index contributed by atoms with van der Waals surface area (Å²) in [5.74, 6) is -0.122. The molecule has 0 saturated heterocycles. The number of carbonyl (C=O) groups is 1. The van der Waals surface area contributed by atoms with Crippen LogP contribution in [0.25, 0.3) is 5.69 Å². The summed E-state index contributed by atoms with van der Waals surface area (Å²) >= 11 is 0. The van der Waals surface area contributed by atoms with E-state index < -0.39 is 0 Å². The number of aryl methyl sites for hydroxylation is 2. The van der Waals surface area contributed by atoms with Crippen LogP contribution in [0.2, 0.25) is 0 Å². The van der Waals surface area contributed by atoms with Crippen LogP contribution in [0.4, 0.5) is 5.69 Å². The molecule has 1 aromatic heterocycles. The summed E-state index contributed by atoms with van der Waals surface area (Å²) in [5, 5.41) is 7.43. The van der Waals surface area contributed by atoms with Gasteiger partial charge in [0.1, 0.15) is 0 Å². The molecule has 3 aromatic rings. The van der Waals surface area contributed by atoms with Gasteiger partial charge in [-0.2, -0.15) is 5.10 Å². The molecule has 0 atom stereocenters. The van der Waals surface area contributed by atoms with Crippen molar-refractivity contribution in [1.82, 2.24) is 9.78 Å². The highest BCUT2D eigenvalue weighted by molar-refractivity contribution is 6.05. The average molecular weight is 319 g/mol. The largest absolute Gasteiger partial charge is 0.322 e. The number of nitrogens with zero attached hydrogens (tertiary/aromatic N) is 2. The lowest BCUT2D eigenvalue weighted by Crippen LogP contribution is -2.15. The zero-order chi connectivity index (χ0) is 17.1. The molecule has 122 valence electrons. The van der Waals surface area contributed by atoms with Gasteiger partial charge in [-0.05, 0) is 49.6 Å². The summed E-state index contributed by atoms with van der Waals surface area (Å²) in [7, 11) is 0. The summed E-state index contributed by atoms with van der Waals surface area (Å²) in [6.07, 6.45) is 2.37. The van der Waals surface area contributed by atoms with Crippen LogP contribution in [0.15, 0.2) is 54.7 Å². The number of rotatable bonds is 4. The van der Waals surface area contributed by atoms with Crippen LogP contribution in [-0.2, 0) is 6.42 Å². The zero-order valence-corrected chi connectivity index (χ0v) is 14.2. The number of para-hydroxylation sites is 1. The first-order valence-electron chi connectivity index (χ1n) is 8.11. The Bertz CT molecular complexity index is 866. The third-order valence-corrected chi connectivity index (χ3v) is 4.09. The molecule has 0 bridgehead atoms. The van der Waals surface area contributed by atoms with Crippen LogP contribution in [0.5, 0.6) is 0 Å². The fraction of sp³-hybridized carbons (Fsp3) is 0.200. The molecule has 1 N–H and O–H groups in total. The fourth-order valence-electron chi connectivity index (χ4n) is 2.76. The molecule has 0 spiro atoms. The van der Waals surface area contributed by atoms with Crippen LogP contribution in [0.3, 0.4) is 0 Å². The van der Waals surface area contributed by atoms with Gasteiger partial charge in [0.25, 0.3) is 5.91 Å². The van der Waals surface area contributed by atoms with Gasteiger partial charge in [-0.25, -0.2) is 4.68 Å². The molecule has 0 aliphatic rings. The van der Waals surface area contributed by atoms with Crippen molar-refractivity contribution >= 4 is 11.6 Å². The lowest BCUT2D eigenvalue weighted by atomic mass is 10.1. The Labute approximate surface area is 142 Å². The highest BCUT2D eigenvalue weighted by Crippen LogP contribution is 2.20. The van der Waals surface area contributed by atoms with E-state index in [1.165, 1.54) is 0 Å². The van der Waals surface area contributed by atoms with Crippen molar-refractivity contribution in [1.29, 1.82) is 0 Å². The minimum Gasteiger partial charge on any atom is -0.322 e. The Morgan fingerprint density at radius 3 is 2.58 bits per heavy atom. The van der Waals surface area contributed by atoms with E-state index in [0.29, 0.717) is 5.56 Å². The molecule has 0 fully saturated rings. The summed E-state index contributed by atoms with van der Waals surface area (Å²) in [4.78, 5) is 12.7. The molecule has 1 amide bonds. The van der Waals surface area contributed by atoms with Crippen molar-refractivity contribution in [2.45, 2.75) is 27.2 Å². The standard InChI is InChI=1S/C20H21N3O/c1-4-19-17(13-21-23(19)16-8-6-5-7-9-16)20(24)22-18-12-14(2)10-11-15(18)3/h5-13H,4H2,1-3H3,(H,22,24). The summed E-state index contributed by atoms with van der Waals surface area (Å²) in [6.45, 7) is 6.04. The van der Waals surface area contributed by atoms with Crippen LogP contribution in [0, 0.1) is 13.8 Å². The summed E-state index contributed by atoms with van der Waals surface area (Å²) < 4.78 is 1.83.